The smallest absolute Gasteiger partial charge is 0.296 e. The van der Waals surface area contributed by atoms with Gasteiger partial charge in [-0.15, -0.1) is 0 Å². The molecule has 2 fully saturated rings. The number of nitrogens with zero attached hydrogens (tertiary/aromatic N) is 4. The Morgan fingerprint density at radius 2 is 1.74 bits per heavy atom. The number of imidazole rings is 2. The van der Waals surface area contributed by atoms with Crippen molar-refractivity contribution < 1.29 is 19.3 Å². The molecule has 1 unspecified atom stereocenters. The Morgan fingerprint density at radius 1 is 1.00 bits per heavy atom. The van der Waals surface area contributed by atoms with Crippen molar-refractivity contribution in [2.24, 2.45) is 0 Å². The van der Waals surface area contributed by atoms with E-state index in [2.05, 4.69) is 51.4 Å². The van der Waals surface area contributed by atoms with E-state index >= 15 is 0 Å². The van der Waals surface area contributed by atoms with Crippen LogP contribution in [0, 0.1) is 0 Å². The fourth-order valence-electron chi connectivity index (χ4n) is 5.33. The zero-order chi connectivity index (χ0) is 26.3. The second kappa shape index (κ2) is 10.1. The van der Waals surface area contributed by atoms with Crippen LogP contribution >= 0.6 is 11.6 Å². The Balaban J connectivity index is 1.10. The van der Waals surface area contributed by atoms with Crippen LogP contribution in [0.3, 0.4) is 0 Å². The molecule has 39 heavy (non-hydrogen) atoms. The van der Waals surface area contributed by atoms with Crippen molar-refractivity contribution in [2.45, 2.75) is 31.3 Å². The first-order chi connectivity index (χ1) is 19.2. The van der Waals surface area contributed by atoms with E-state index in [1.54, 1.807) is 6.33 Å². The number of rotatable bonds is 7. The summed E-state index contributed by atoms with van der Waals surface area (Å²) < 4.78 is 19.5. The number of benzene rings is 2. The number of nitrogens with one attached hydrogen (secondary N) is 1. The van der Waals surface area contributed by atoms with Gasteiger partial charge in [-0.25, -0.2) is 9.97 Å². The maximum atomic E-state index is 9.28. The van der Waals surface area contributed by atoms with E-state index < -0.39 is 0 Å². The fraction of sp³-hybridized carbons (Fsp3) is 0.276. The Bertz CT molecular complexity index is 1620. The zero-order valence-corrected chi connectivity index (χ0v) is 21.7. The summed E-state index contributed by atoms with van der Waals surface area (Å²) in [6, 6.07) is 18.6. The number of aromatic nitrogens is 5. The highest BCUT2D eigenvalue weighted by Gasteiger charge is 2.43. The Morgan fingerprint density at radius 3 is 2.51 bits per heavy atom. The number of hydrogen-bond acceptors (Lipinski definition) is 7. The van der Waals surface area contributed by atoms with Crippen molar-refractivity contribution in [3.63, 3.8) is 0 Å². The highest BCUT2D eigenvalue weighted by molar-refractivity contribution is 6.33. The Kier molecular flexibility index (Phi) is 6.28. The second-order valence-corrected chi connectivity index (χ2v) is 10.1. The van der Waals surface area contributed by atoms with Crippen LogP contribution < -0.4 is 4.74 Å². The molecule has 2 aliphatic heterocycles. The molecule has 2 N–H and O–H groups in total. The Hall–Kier alpha value is -3.76. The summed E-state index contributed by atoms with van der Waals surface area (Å²) in [4.78, 5) is 16.7. The van der Waals surface area contributed by atoms with Crippen LogP contribution in [-0.4, -0.2) is 67.7 Å². The number of fused-ring (bicyclic) bond motifs is 2. The number of ether oxygens (including phenoxy) is 3. The number of aromatic amines is 1. The number of H-pyrrole nitrogens is 1. The molecule has 198 valence electrons. The molecule has 5 heterocycles. The number of halogens is 1. The van der Waals surface area contributed by atoms with E-state index in [-0.39, 0.29) is 24.9 Å². The maximum absolute atomic E-state index is 9.28. The zero-order valence-electron chi connectivity index (χ0n) is 21.0. The molecule has 0 saturated carbocycles. The predicted octanol–water partition coefficient (Wildman–Crippen LogP) is 4.74. The summed E-state index contributed by atoms with van der Waals surface area (Å²) in [5, 5.41) is 9.80. The molecule has 3 aromatic heterocycles. The summed E-state index contributed by atoms with van der Waals surface area (Å²) in [7, 11) is 0. The monoisotopic (exact) mass is 543 g/mol. The largest absolute Gasteiger partial charge is 0.456 e. The van der Waals surface area contributed by atoms with Gasteiger partial charge in [-0.1, -0.05) is 60.1 Å². The van der Waals surface area contributed by atoms with E-state index in [1.165, 1.54) is 0 Å². The first kappa shape index (κ1) is 24.3. The standard InChI is InChI=1S/C29H26ClN5O4/c30-21-13-22-28(34-29(32-22)39-25-15-38-24-9-12-37-27(24)25)33-26(21)20-7-3-18(4-8-20)17-1-5-19(6-2-17)23-14-31-16-35(23)10-11-36/h1-8,13-14,16,24-25,27,36H,9-12,15H2,(H,32,33,34)/t24-,25?,27+/m1/s1. The fourth-order valence-corrected chi connectivity index (χ4v) is 5.59. The maximum Gasteiger partial charge on any atom is 0.296 e. The van der Waals surface area contributed by atoms with E-state index in [0.717, 1.165) is 34.4 Å². The van der Waals surface area contributed by atoms with Crippen molar-refractivity contribution in [3.8, 4) is 39.7 Å². The molecule has 2 aromatic carbocycles. The molecule has 7 rings (SSSR count). The molecule has 10 heteroatoms. The minimum Gasteiger partial charge on any atom is -0.456 e. The van der Waals surface area contributed by atoms with Crippen LogP contribution in [0.25, 0.3) is 44.8 Å². The van der Waals surface area contributed by atoms with Crippen molar-refractivity contribution >= 4 is 22.8 Å². The normalized spacial score (nSPS) is 20.5. The van der Waals surface area contributed by atoms with Gasteiger partial charge in [-0.3, -0.25) is 0 Å². The van der Waals surface area contributed by atoms with E-state index in [4.69, 9.17) is 30.8 Å². The third-order valence-corrected chi connectivity index (χ3v) is 7.60. The van der Waals surface area contributed by atoms with Crippen LogP contribution in [0.4, 0.5) is 0 Å². The molecule has 2 saturated heterocycles. The van der Waals surface area contributed by atoms with Crippen molar-refractivity contribution in [1.82, 2.24) is 24.5 Å². The highest BCUT2D eigenvalue weighted by atomic mass is 35.5. The molecule has 0 amide bonds. The van der Waals surface area contributed by atoms with Crippen LogP contribution in [0.15, 0.2) is 67.1 Å². The van der Waals surface area contributed by atoms with Crippen LogP contribution in [-0.2, 0) is 16.0 Å². The summed E-state index contributed by atoms with van der Waals surface area (Å²) in [6.07, 6.45) is 4.28. The summed E-state index contributed by atoms with van der Waals surface area (Å²) in [5.41, 5.74) is 6.98. The highest BCUT2D eigenvalue weighted by Crippen LogP contribution is 2.33. The lowest BCUT2D eigenvalue weighted by Crippen LogP contribution is -2.32. The third kappa shape index (κ3) is 4.57. The molecule has 9 nitrogen and oxygen atoms in total. The van der Waals surface area contributed by atoms with Gasteiger partial charge in [-0.05, 0) is 29.2 Å². The summed E-state index contributed by atoms with van der Waals surface area (Å²) >= 11 is 6.63. The molecule has 0 bridgehead atoms. The summed E-state index contributed by atoms with van der Waals surface area (Å²) in [5.74, 6) is 0. The minimum absolute atomic E-state index is 0.0604. The lowest BCUT2D eigenvalue weighted by atomic mass is 10.0. The predicted molar refractivity (Wildman–Crippen MR) is 147 cm³/mol. The Labute approximate surface area is 229 Å². The van der Waals surface area contributed by atoms with E-state index in [9.17, 15) is 5.11 Å². The third-order valence-electron chi connectivity index (χ3n) is 7.31. The molecule has 2 aliphatic rings. The lowest BCUT2D eigenvalue weighted by molar-refractivity contribution is 0.0273. The first-order valence-electron chi connectivity index (χ1n) is 12.9. The van der Waals surface area contributed by atoms with Gasteiger partial charge in [0.15, 0.2) is 11.8 Å². The second-order valence-electron chi connectivity index (χ2n) is 9.73. The van der Waals surface area contributed by atoms with Gasteiger partial charge in [0.05, 0.1) is 53.8 Å². The van der Waals surface area contributed by atoms with Gasteiger partial charge in [0.25, 0.3) is 6.01 Å². The van der Waals surface area contributed by atoms with Crippen LogP contribution in [0.5, 0.6) is 6.01 Å². The van der Waals surface area contributed by atoms with Crippen molar-refractivity contribution in [1.29, 1.82) is 0 Å². The molecule has 5 aromatic rings. The lowest BCUT2D eigenvalue weighted by Gasteiger charge is -2.15. The first-order valence-corrected chi connectivity index (χ1v) is 13.3. The number of aliphatic hydroxyl groups is 1. The molecule has 3 atom stereocenters. The molecular weight excluding hydrogens is 518 g/mol. The van der Waals surface area contributed by atoms with Gasteiger partial charge in [0.2, 0.25) is 0 Å². The number of pyridine rings is 1. The average molecular weight is 544 g/mol. The molecule has 0 spiro atoms. The number of aliphatic hydroxyl groups excluding tert-OH is 1. The average Bonchev–Trinajstić information content (AvgIpc) is 3.75. The van der Waals surface area contributed by atoms with Crippen molar-refractivity contribution in [3.05, 3.63) is 72.1 Å². The SMILES string of the molecule is OCCn1cncc1-c1ccc(-c2ccc(-c3nc4nc(OC5CO[C@@H]6CCO[C@H]56)[nH]c4cc3Cl)cc2)cc1. The minimum atomic E-state index is -0.197. The van der Waals surface area contributed by atoms with Gasteiger partial charge >= 0.3 is 0 Å². The van der Waals surface area contributed by atoms with Crippen LogP contribution in [0.2, 0.25) is 5.02 Å². The van der Waals surface area contributed by atoms with Crippen molar-refractivity contribution in [2.75, 3.05) is 19.8 Å². The molecule has 0 aliphatic carbocycles. The van der Waals surface area contributed by atoms with Crippen LogP contribution in [0.1, 0.15) is 6.42 Å². The van der Waals surface area contributed by atoms with E-state index in [1.807, 2.05) is 29.0 Å². The van der Waals surface area contributed by atoms with Gasteiger partial charge in [0, 0.05) is 18.7 Å². The quantitative estimate of drug-likeness (QED) is 0.305. The topological polar surface area (TPSA) is 107 Å². The molecule has 0 radical (unpaired) electrons. The van der Waals surface area contributed by atoms with Gasteiger partial charge in [0.1, 0.15) is 6.10 Å². The number of hydrogen-bond donors (Lipinski definition) is 2. The van der Waals surface area contributed by atoms with Gasteiger partial charge < -0.3 is 28.9 Å². The van der Waals surface area contributed by atoms with Gasteiger partial charge in [-0.2, -0.15) is 4.98 Å². The molecular formula is C29H26ClN5O4. The summed E-state index contributed by atoms with van der Waals surface area (Å²) in [6.45, 7) is 1.76. The van der Waals surface area contributed by atoms with E-state index in [0.29, 0.717) is 47.6 Å².